The number of nitrogens with two attached hydrogens (primary N) is 1. The molecule has 1 aliphatic carbocycles. The maximum Gasteiger partial charge on any atom is 0.344 e. The second-order valence-electron chi connectivity index (χ2n) is 4.81. The number of aryl methyl sites for hydroxylation is 1. The second kappa shape index (κ2) is 5.24. The lowest BCUT2D eigenvalue weighted by Crippen LogP contribution is -2.17. The fourth-order valence-corrected chi connectivity index (χ4v) is 3.03. The van der Waals surface area contributed by atoms with E-state index >= 15 is 0 Å². The van der Waals surface area contributed by atoms with Crippen LogP contribution in [-0.4, -0.2) is 30.8 Å². The summed E-state index contributed by atoms with van der Waals surface area (Å²) in [6.45, 7) is 1.85. The SMILES string of the molecule is Cc1ccc(C(N)=NO)c(Sc2n[nH]c(=O)n2C2CC2)n1. The van der Waals surface area contributed by atoms with Gasteiger partial charge in [0.25, 0.3) is 0 Å². The molecule has 110 valence electrons. The topological polar surface area (TPSA) is 122 Å². The zero-order valence-electron chi connectivity index (χ0n) is 11.3. The first-order valence-electron chi connectivity index (χ1n) is 6.40. The highest BCUT2D eigenvalue weighted by Crippen LogP contribution is 2.37. The zero-order chi connectivity index (χ0) is 15.0. The van der Waals surface area contributed by atoms with Crippen LogP contribution in [0.1, 0.15) is 30.1 Å². The van der Waals surface area contributed by atoms with Crippen molar-refractivity contribution in [1.29, 1.82) is 0 Å². The number of aromatic nitrogens is 4. The van der Waals surface area contributed by atoms with E-state index in [1.807, 2.05) is 6.92 Å². The van der Waals surface area contributed by atoms with Gasteiger partial charge in [0, 0.05) is 11.7 Å². The number of hydrogen-bond acceptors (Lipinski definition) is 6. The Hall–Kier alpha value is -2.29. The molecule has 0 spiro atoms. The van der Waals surface area contributed by atoms with Crippen LogP contribution in [0, 0.1) is 6.92 Å². The van der Waals surface area contributed by atoms with Gasteiger partial charge in [0.1, 0.15) is 5.03 Å². The maximum atomic E-state index is 11.8. The first kappa shape index (κ1) is 13.7. The van der Waals surface area contributed by atoms with Crippen molar-refractivity contribution in [3.8, 4) is 0 Å². The summed E-state index contributed by atoms with van der Waals surface area (Å²) in [4.78, 5) is 16.2. The molecule has 1 saturated carbocycles. The summed E-state index contributed by atoms with van der Waals surface area (Å²) in [5.41, 5.74) is 6.74. The van der Waals surface area contributed by atoms with Crippen molar-refractivity contribution in [2.75, 3.05) is 0 Å². The fourth-order valence-electron chi connectivity index (χ4n) is 1.96. The molecule has 9 heteroatoms. The Morgan fingerprint density at radius 3 is 3.00 bits per heavy atom. The van der Waals surface area contributed by atoms with E-state index in [9.17, 15) is 4.79 Å². The number of amidine groups is 1. The Balaban J connectivity index is 2.02. The number of aromatic amines is 1. The molecule has 0 atom stereocenters. The van der Waals surface area contributed by atoms with Crippen LogP contribution in [0.3, 0.4) is 0 Å². The molecule has 1 fully saturated rings. The molecule has 1 aliphatic rings. The third-order valence-corrected chi connectivity index (χ3v) is 4.13. The molecule has 4 N–H and O–H groups in total. The van der Waals surface area contributed by atoms with E-state index in [0.717, 1.165) is 18.5 Å². The first-order valence-corrected chi connectivity index (χ1v) is 7.22. The Labute approximate surface area is 124 Å². The lowest BCUT2D eigenvalue weighted by Gasteiger charge is -2.08. The Bertz CT molecular complexity index is 761. The van der Waals surface area contributed by atoms with Gasteiger partial charge in [-0.2, -0.15) is 0 Å². The lowest BCUT2D eigenvalue weighted by molar-refractivity contribution is 0.318. The standard InChI is InChI=1S/C12H14N6O2S/c1-6-2-5-8(9(13)17-20)10(14-6)21-12-16-15-11(19)18(12)7-3-4-7/h2,5,7,20H,3-4H2,1H3,(H2,13,17)(H,15,19). The number of nitrogens with zero attached hydrogens (tertiary/aromatic N) is 4. The van der Waals surface area contributed by atoms with Crippen LogP contribution in [-0.2, 0) is 0 Å². The van der Waals surface area contributed by atoms with Crippen LogP contribution in [0.25, 0.3) is 0 Å². The Morgan fingerprint density at radius 1 is 1.57 bits per heavy atom. The summed E-state index contributed by atoms with van der Waals surface area (Å²) < 4.78 is 1.63. The van der Waals surface area contributed by atoms with Gasteiger partial charge in [-0.1, -0.05) is 5.16 Å². The Morgan fingerprint density at radius 2 is 2.33 bits per heavy atom. The normalized spacial score (nSPS) is 15.4. The molecule has 0 radical (unpaired) electrons. The van der Waals surface area contributed by atoms with Crippen molar-refractivity contribution in [1.82, 2.24) is 19.7 Å². The van der Waals surface area contributed by atoms with Crippen molar-refractivity contribution < 1.29 is 5.21 Å². The lowest BCUT2D eigenvalue weighted by atomic mass is 10.2. The third kappa shape index (κ3) is 2.64. The second-order valence-corrected chi connectivity index (χ2v) is 5.76. The van der Waals surface area contributed by atoms with Gasteiger partial charge < -0.3 is 10.9 Å². The van der Waals surface area contributed by atoms with Crippen LogP contribution in [0.4, 0.5) is 0 Å². The average molecular weight is 306 g/mol. The molecule has 2 aromatic rings. The molecule has 0 aliphatic heterocycles. The molecule has 0 unspecified atom stereocenters. The minimum absolute atomic E-state index is 0.0270. The van der Waals surface area contributed by atoms with Gasteiger partial charge in [-0.25, -0.2) is 14.9 Å². The molecule has 21 heavy (non-hydrogen) atoms. The van der Waals surface area contributed by atoms with Gasteiger partial charge in [0.05, 0.1) is 5.56 Å². The van der Waals surface area contributed by atoms with Gasteiger partial charge in [-0.15, -0.1) is 5.10 Å². The van der Waals surface area contributed by atoms with E-state index in [1.165, 1.54) is 11.8 Å². The largest absolute Gasteiger partial charge is 0.409 e. The van der Waals surface area contributed by atoms with E-state index < -0.39 is 0 Å². The molecule has 0 saturated heterocycles. The maximum absolute atomic E-state index is 11.8. The van der Waals surface area contributed by atoms with Gasteiger partial charge in [0.2, 0.25) is 0 Å². The number of nitrogens with one attached hydrogen (secondary N) is 1. The highest BCUT2D eigenvalue weighted by Gasteiger charge is 2.29. The number of H-pyrrole nitrogens is 1. The van der Waals surface area contributed by atoms with Crippen molar-refractivity contribution >= 4 is 17.6 Å². The summed E-state index contributed by atoms with van der Waals surface area (Å²) in [6, 6.07) is 3.71. The predicted octanol–water partition coefficient (Wildman–Crippen LogP) is 0.855. The van der Waals surface area contributed by atoms with E-state index in [0.29, 0.717) is 15.7 Å². The van der Waals surface area contributed by atoms with Crippen molar-refractivity contribution in [2.24, 2.45) is 10.9 Å². The summed E-state index contributed by atoms with van der Waals surface area (Å²) in [5, 5.41) is 19.4. The van der Waals surface area contributed by atoms with Crippen LogP contribution < -0.4 is 11.4 Å². The number of oxime groups is 1. The highest BCUT2D eigenvalue weighted by atomic mass is 32.2. The summed E-state index contributed by atoms with van der Waals surface area (Å²) >= 11 is 1.23. The van der Waals surface area contributed by atoms with Gasteiger partial charge in [-0.3, -0.25) is 4.57 Å². The first-order chi connectivity index (χ1) is 10.1. The molecule has 0 aromatic carbocycles. The number of pyridine rings is 1. The number of hydrogen-bond donors (Lipinski definition) is 3. The molecule has 0 amide bonds. The van der Waals surface area contributed by atoms with E-state index in [4.69, 9.17) is 10.9 Å². The summed E-state index contributed by atoms with van der Waals surface area (Å²) in [5.74, 6) is -0.0270. The van der Waals surface area contributed by atoms with Gasteiger partial charge >= 0.3 is 5.69 Å². The summed E-state index contributed by atoms with van der Waals surface area (Å²) in [6.07, 6.45) is 1.95. The average Bonchev–Trinajstić information content (AvgIpc) is 3.23. The molecule has 8 nitrogen and oxygen atoms in total. The van der Waals surface area contributed by atoms with Crippen LogP contribution in [0.15, 0.2) is 32.3 Å². The predicted molar refractivity (Wildman–Crippen MR) is 76.7 cm³/mol. The van der Waals surface area contributed by atoms with Gasteiger partial charge in [0.15, 0.2) is 11.0 Å². The number of rotatable bonds is 4. The Kier molecular flexibility index (Phi) is 3.42. The monoisotopic (exact) mass is 306 g/mol. The minimum atomic E-state index is -0.224. The van der Waals surface area contributed by atoms with Crippen molar-refractivity contribution in [3.63, 3.8) is 0 Å². The molecule has 2 heterocycles. The molecular weight excluding hydrogens is 292 g/mol. The van der Waals surface area contributed by atoms with Crippen LogP contribution in [0.5, 0.6) is 0 Å². The van der Waals surface area contributed by atoms with Crippen molar-refractivity contribution in [3.05, 3.63) is 33.9 Å². The third-order valence-electron chi connectivity index (χ3n) is 3.16. The van der Waals surface area contributed by atoms with E-state index in [2.05, 4.69) is 20.3 Å². The molecule has 3 rings (SSSR count). The fraction of sp³-hybridized carbons (Fsp3) is 0.333. The summed E-state index contributed by atoms with van der Waals surface area (Å²) in [7, 11) is 0. The zero-order valence-corrected chi connectivity index (χ0v) is 12.1. The van der Waals surface area contributed by atoms with E-state index in [-0.39, 0.29) is 17.6 Å². The minimum Gasteiger partial charge on any atom is -0.409 e. The highest BCUT2D eigenvalue weighted by molar-refractivity contribution is 7.99. The quantitative estimate of drug-likeness (QED) is 0.333. The molecule has 2 aromatic heterocycles. The van der Waals surface area contributed by atoms with Crippen molar-refractivity contribution in [2.45, 2.75) is 36.0 Å². The molecular formula is C12H14N6O2S. The van der Waals surface area contributed by atoms with Crippen LogP contribution >= 0.6 is 11.8 Å². The smallest absolute Gasteiger partial charge is 0.344 e. The van der Waals surface area contributed by atoms with Gasteiger partial charge in [-0.05, 0) is 43.7 Å². The molecule has 0 bridgehead atoms. The van der Waals surface area contributed by atoms with Crippen LogP contribution in [0.2, 0.25) is 0 Å². The van der Waals surface area contributed by atoms with E-state index in [1.54, 1.807) is 16.7 Å².